The second-order valence-electron chi connectivity index (χ2n) is 4.38. The number of nitrogens with one attached hydrogen (secondary N) is 1. The Labute approximate surface area is 116 Å². The largest absolute Gasteiger partial charge is 0.495 e. The van der Waals surface area contributed by atoms with Gasteiger partial charge in [0.15, 0.2) is 0 Å². The molecule has 0 aliphatic carbocycles. The van der Waals surface area contributed by atoms with E-state index in [9.17, 15) is 4.79 Å². The van der Waals surface area contributed by atoms with Crippen molar-refractivity contribution < 1.29 is 19.2 Å². The fourth-order valence-corrected chi connectivity index (χ4v) is 1.92. The van der Waals surface area contributed by atoms with Crippen LogP contribution in [-0.4, -0.2) is 23.3 Å². The molecule has 0 fully saturated rings. The maximum atomic E-state index is 11.0. The lowest BCUT2D eigenvalue weighted by Gasteiger charge is -2.11. The number of hydrogen-bond donors (Lipinski definition) is 2. The molecule has 0 aliphatic heterocycles. The Hall–Kier alpha value is -2.50. The molecule has 6 heteroatoms. The number of anilines is 1. The Balaban J connectivity index is 2.24. The fourth-order valence-electron chi connectivity index (χ4n) is 1.92. The Morgan fingerprint density at radius 3 is 2.75 bits per heavy atom. The summed E-state index contributed by atoms with van der Waals surface area (Å²) in [4.78, 5) is 11.0. The molecule has 1 heterocycles. The van der Waals surface area contributed by atoms with Crippen LogP contribution in [0, 0.1) is 13.8 Å². The number of benzene rings is 1. The molecular formula is C14H16N2O4. The van der Waals surface area contributed by atoms with Gasteiger partial charge in [-0.25, -0.2) is 4.79 Å². The van der Waals surface area contributed by atoms with E-state index in [4.69, 9.17) is 14.4 Å². The Bertz CT molecular complexity index is 615. The lowest BCUT2D eigenvalue weighted by atomic mass is 10.1. The van der Waals surface area contributed by atoms with E-state index in [2.05, 4.69) is 10.5 Å². The van der Waals surface area contributed by atoms with Crippen LogP contribution in [0.25, 0.3) is 0 Å². The van der Waals surface area contributed by atoms with Gasteiger partial charge >= 0.3 is 5.97 Å². The van der Waals surface area contributed by atoms with Gasteiger partial charge in [0.05, 0.1) is 24.1 Å². The fraction of sp³-hybridized carbons (Fsp3) is 0.286. The van der Waals surface area contributed by atoms with Crippen molar-refractivity contribution in [1.29, 1.82) is 0 Å². The van der Waals surface area contributed by atoms with Crippen LogP contribution in [0.4, 0.5) is 5.69 Å². The summed E-state index contributed by atoms with van der Waals surface area (Å²) in [5, 5.41) is 16.1. The van der Waals surface area contributed by atoms with Crippen molar-refractivity contribution in [3.63, 3.8) is 0 Å². The van der Waals surface area contributed by atoms with E-state index >= 15 is 0 Å². The normalized spacial score (nSPS) is 10.3. The van der Waals surface area contributed by atoms with Gasteiger partial charge < -0.3 is 19.7 Å². The minimum atomic E-state index is -0.979. The Morgan fingerprint density at radius 1 is 1.45 bits per heavy atom. The van der Waals surface area contributed by atoms with Crippen molar-refractivity contribution in [3.8, 4) is 5.75 Å². The molecule has 2 rings (SSSR count). The molecule has 0 atom stereocenters. The number of ether oxygens (including phenoxy) is 1. The highest BCUT2D eigenvalue weighted by molar-refractivity contribution is 5.89. The van der Waals surface area contributed by atoms with Crippen LogP contribution < -0.4 is 10.1 Å². The summed E-state index contributed by atoms with van der Waals surface area (Å²) in [5.41, 5.74) is 2.58. The van der Waals surface area contributed by atoms with Gasteiger partial charge in [-0.1, -0.05) is 5.16 Å². The van der Waals surface area contributed by atoms with Crippen LogP contribution in [0.15, 0.2) is 22.7 Å². The number of carboxylic acid groups (broad SMARTS) is 1. The van der Waals surface area contributed by atoms with Crippen molar-refractivity contribution in [2.24, 2.45) is 0 Å². The van der Waals surface area contributed by atoms with Gasteiger partial charge in [0.25, 0.3) is 0 Å². The van der Waals surface area contributed by atoms with Gasteiger partial charge in [-0.3, -0.25) is 0 Å². The molecule has 2 aromatic rings. The van der Waals surface area contributed by atoms with Crippen LogP contribution in [-0.2, 0) is 6.54 Å². The number of aromatic carboxylic acids is 1. The molecule has 20 heavy (non-hydrogen) atoms. The summed E-state index contributed by atoms with van der Waals surface area (Å²) in [7, 11) is 1.54. The first kappa shape index (κ1) is 13.9. The van der Waals surface area contributed by atoms with Gasteiger partial charge in [-0.05, 0) is 32.0 Å². The summed E-state index contributed by atoms with van der Waals surface area (Å²) in [5.74, 6) is 0.346. The van der Waals surface area contributed by atoms with E-state index in [1.54, 1.807) is 12.1 Å². The third-order valence-electron chi connectivity index (χ3n) is 3.08. The van der Waals surface area contributed by atoms with E-state index in [1.165, 1.54) is 13.2 Å². The Morgan fingerprint density at radius 2 is 2.20 bits per heavy atom. The van der Waals surface area contributed by atoms with Gasteiger partial charge in [0.1, 0.15) is 11.5 Å². The topological polar surface area (TPSA) is 84.6 Å². The zero-order valence-corrected chi connectivity index (χ0v) is 11.6. The Kier molecular flexibility index (Phi) is 3.93. The van der Waals surface area contributed by atoms with Crippen molar-refractivity contribution in [2.75, 3.05) is 12.4 Å². The third-order valence-corrected chi connectivity index (χ3v) is 3.08. The SMILES string of the molecule is COc1ccc(C(=O)O)cc1NCc1c(C)noc1C. The minimum Gasteiger partial charge on any atom is -0.495 e. The highest BCUT2D eigenvalue weighted by Gasteiger charge is 2.12. The first-order valence-corrected chi connectivity index (χ1v) is 6.10. The molecule has 0 saturated carbocycles. The van der Waals surface area contributed by atoms with E-state index in [1.807, 2.05) is 13.8 Å². The van der Waals surface area contributed by atoms with E-state index in [0.717, 1.165) is 17.0 Å². The maximum Gasteiger partial charge on any atom is 0.335 e. The van der Waals surface area contributed by atoms with Crippen LogP contribution >= 0.6 is 0 Å². The zero-order valence-electron chi connectivity index (χ0n) is 11.6. The van der Waals surface area contributed by atoms with Crippen molar-refractivity contribution >= 4 is 11.7 Å². The number of aromatic nitrogens is 1. The average Bonchev–Trinajstić information content (AvgIpc) is 2.75. The molecule has 106 valence electrons. The molecule has 0 radical (unpaired) electrons. The van der Waals surface area contributed by atoms with Gasteiger partial charge in [0.2, 0.25) is 0 Å². The summed E-state index contributed by atoms with van der Waals surface area (Å²) in [6.45, 7) is 4.18. The van der Waals surface area contributed by atoms with Gasteiger partial charge in [-0.15, -0.1) is 0 Å². The summed E-state index contributed by atoms with van der Waals surface area (Å²) in [6.07, 6.45) is 0. The zero-order chi connectivity index (χ0) is 14.7. The van der Waals surface area contributed by atoms with E-state index in [-0.39, 0.29) is 5.56 Å². The van der Waals surface area contributed by atoms with Gasteiger partial charge in [0, 0.05) is 12.1 Å². The number of aryl methyl sites for hydroxylation is 2. The molecular weight excluding hydrogens is 260 g/mol. The van der Waals surface area contributed by atoms with Crippen molar-refractivity contribution in [1.82, 2.24) is 5.16 Å². The molecule has 1 aromatic heterocycles. The molecule has 0 amide bonds. The molecule has 6 nitrogen and oxygen atoms in total. The molecule has 2 N–H and O–H groups in total. The summed E-state index contributed by atoms with van der Waals surface area (Å²) >= 11 is 0. The highest BCUT2D eigenvalue weighted by atomic mass is 16.5. The predicted molar refractivity (Wildman–Crippen MR) is 73.3 cm³/mol. The molecule has 0 saturated heterocycles. The maximum absolute atomic E-state index is 11.0. The molecule has 1 aromatic carbocycles. The number of carboxylic acids is 1. The number of methoxy groups -OCH3 is 1. The lowest BCUT2D eigenvalue weighted by Crippen LogP contribution is -2.05. The quantitative estimate of drug-likeness (QED) is 0.873. The summed E-state index contributed by atoms with van der Waals surface area (Å²) in [6, 6.07) is 4.67. The van der Waals surface area contributed by atoms with E-state index < -0.39 is 5.97 Å². The number of nitrogens with zero attached hydrogens (tertiary/aromatic N) is 1. The number of hydrogen-bond acceptors (Lipinski definition) is 5. The number of carbonyl (C=O) groups is 1. The van der Waals surface area contributed by atoms with Crippen LogP contribution in [0.1, 0.15) is 27.4 Å². The third kappa shape index (κ3) is 2.74. The monoisotopic (exact) mass is 276 g/mol. The van der Waals surface area contributed by atoms with Crippen molar-refractivity contribution in [3.05, 3.63) is 40.8 Å². The summed E-state index contributed by atoms with van der Waals surface area (Å²) < 4.78 is 10.3. The molecule has 0 unspecified atom stereocenters. The average molecular weight is 276 g/mol. The molecule has 0 aliphatic rings. The van der Waals surface area contributed by atoms with Crippen LogP contribution in [0.2, 0.25) is 0 Å². The van der Waals surface area contributed by atoms with Crippen LogP contribution in [0.5, 0.6) is 5.75 Å². The van der Waals surface area contributed by atoms with Gasteiger partial charge in [-0.2, -0.15) is 0 Å². The molecule has 0 bridgehead atoms. The molecule has 0 spiro atoms. The van der Waals surface area contributed by atoms with E-state index in [0.29, 0.717) is 18.0 Å². The van der Waals surface area contributed by atoms with Crippen LogP contribution in [0.3, 0.4) is 0 Å². The smallest absolute Gasteiger partial charge is 0.335 e. The van der Waals surface area contributed by atoms with Crippen molar-refractivity contribution in [2.45, 2.75) is 20.4 Å². The second kappa shape index (κ2) is 5.64. The minimum absolute atomic E-state index is 0.201. The first-order valence-electron chi connectivity index (χ1n) is 6.10. The second-order valence-corrected chi connectivity index (χ2v) is 4.38. The lowest BCUT2D eigenvalue weighted by molar-refractivity contribution is 0.0697. The highest BCUT2D eigenvalue weighted by Crippen LogP contribution is 2.26. The predicted octanol–water partition coefficient (Wildman–Crippen LogP) is 2.61. The first-order chi connectivity index (χ1) is 9.52. The standard InChI is InChI=1S/C14H16N2O4/c1-8-11(9(2)20-16-8)7-15-12-6-10(14(17)18)4-5-13(12)19-3/h4-6,15H,7H2,1-3H3,(H,17,18). The number of rotatable bonds is 5.